The smallest absolute Gasteiger partial charge is 0.274 e. The van der Waals surface area contributed by atoms with E-state index in [1.807, 2.05) is 0 Å². The molecule has 0 bridgehead atoms. The van der Waals surface area contributed by atoms with Gasteiger partial charge in [-0.1, -0.05) is 0 Å². The van der Waals surface area contributed by atoms with Gasteiger partial charge in [-0.05, 0) is 6.92 Å². The molecule has 2 aromatic rings. The number of hydrogen-bond donors (Lipinski definition) is 4. The maximum absolute atomic E-state index is 11.7. The minimum Gasteiger partial charge on any atom is -0.395 e. The van der Waals surface area contributed by atoms with E-state index in [-0.39, 0.29) is 11.6 Å². The standard InChI is InChI=1S/C9H12N6O/c1-5-7(10)8(15-14-5)9(16)12-3-6-2-11-4-13-6/h2,4H,3,10H2,1H3,(H,11,13)(H,12,16)(H,14,15). The van der Waals surface area contributed by atoms with Crippen LogP contribution in [0.3, 0.4) is 0 Å². The van der Waals surface area contributed by atoms with Crippen molar-refractivity contribution < 1.29 is 4.79 Å². The normalized spacial score (nSPS) is 10.3. The van der Waals surface area contributed by atoms with Crippen LogP contribution in [0.1, 0.15) is 21.9 Å². The first-order chi connectivity index (χ1) is 7.68. The van der Waals surface area contributed by atoms with Crippen LogP contribution in [0.2, 0.25) is 0 Å². The minimum atomic E-state index is -0.309. The Bertz CT molecular complexity index is 486. The summed E-state index contributed by atoms with van der Waals surface area (Å²) in [4.78, 5) is 18.4. The number of anilines is 1. The van der Waals surface area contributed by atoms with E-state index < -0.39 is 0 Å². The van der Waals surface area contributed by atoms with Crippen molar-refractivity contribution in [1.82, 2.24) is 25.5 Å². The van der Waals surface area contributed by atoms with Gasteiger partial charge in [0.1, 0.15) is 0 Å². The Morgan fingerprint density at radius 3 is 3.00 bits per heavy atom. The highest BCUT2D eigenvalue weighted by Gasteiger charge is 2.14. The van der Waals surface area contributed by atoms with Crippen LogP contribution in [-0.4, -0.2) is 26.1 Å². The molecule has 5 N–H and O–H groups in total. The quantitative estimate of drug-likeness (QED) is 0.581. The number of nitrogens with zero attached hydrogens (tertiary/aromatic N) is 2. The predicted octanol–water partition coefficient (Wildman–Crippen LogP) is -0.0466. The Kier molecular flexibility index (Phi) is 2.59. The molecule has 1 amide bonds. The van der Waals surface area contributed by atoms with Gasteiger partial charge in [0, 0.05) is 6.20 Å². The van der Waals surface area contributed by atoms with Crippen LogP contribution in [0.5, 0.6) is 0 Å². The van der Waals surface area contributed by atoms with E-state index in [2.05, 4.69) is 25.5 Å². The molecular formula is C9H12N6O. The fourth-order valence-corrected chi connectivity index (χ4v) is 1.25. The van der Waals surface area contributed by atoms with Crippen molar-refractivity contribution in [3.8, 4) is 0 Å². The number of aromatic amines is 2. The molecular weight excluding hydrogens is 208 g/mol. The number of H-pyrrole nitrogens is 2. The number of amides is 1. The largest absolute Gasteiger partial charge is 0.395 e. The number of nitrogen functional groups attached to an aromatic ring is 1. The molecule has 84 valence electrons. The first-order valence-corrected chi connectivity index (χ1v) is 4.74. The Hall–Kier alpha value is -2.31. The van der Waals surface area contributed by atoms with Gasteiger partial charge in [-0.25, -0.2) is 4.98 Å². The average molecular weight is 220 g/mol. The lowest BCUT2D eigenvalue weighted by Crippen LogP contribution is -2.24. The second-order valence-electron chi connectivity index (χ2n) is 3.37. The molecule has 0 atom stereocenters. The maximum Gasteiger partial charge on any atom is 0.274 e. The highest BCUT2D eigenvalue weighted by molar-refractivity contribution is 5.97. The Balaban J connectivity index is 2.01. The number of carbonyl (C=O) groups excluding carboxylic acids is 1. The van der Waals surface area contributed by atoms with Gasteiger partial charge in [0.2, 0.25) is 0 Å². The number of nitrogens with two attached hydrogens (primary N) is 1. The second kappa shape index (κ2) is 4.05. The van der Waals surface area contributed by atoms with Gasteiger partial charge < -0.3 is 16.0 Å². The first-order valence-electron chi connectivity index (χ1n) is 4.74. The van der Waals surface area contributed by atoms with Gasteiger partial charge in [0.25, 0.3) is 5.91 Å². The van der Waals surface area contributed by atoms with Gasteiger partial charge in [-0.2, -0.15) is 5.10 Å². The van der Waals surface area contributed by atoms with E-state index in [1.165, 1.54) is 0 Å². The van der Waals surface area contributed by atoms with Gasteiger partial charge in [0.15, 0.2) is 5.69 Å². The van der Waals surface area contributed by atoms with Crippen molar-refractivity contribution in [2.45, 2.75) is 13.5 Å². The third-order valence-corrected chi connectivity index (χ3v) is 2.20. The summed E-state index contributed by atoms with van der Waals surface area (Å²) in [5.41, 5.74) is 7.78. The van der Waals surface area contributed by atoms with Crippen LogP contribution in [0.15, 0.2) is 12.5 Å². The summed E-state index contributed by atoms with van der Waals surface area (Å²) < 4.78 is 0. The van der Waals surface area contributed by atoms with Gasteiger partial charge >= 0.3 is 0 Å². The zero-order valence-corrected chi connectivity index (χ0v) is 8.74. The predicted molar refractivity (Wildman–Crippen MR) is 57.5 cm³/mol. The number of aryl methyl sites for hydroxylation is 1. The monoisotopic (exact) mass is 220 g/mol. The third kappa shape index (κ3) is 1.88. The summed E-state index contributed by atoms with van der Waals surface area (Å²) in [6.07, 6.45) is 3.19. The fourth-order valence-electron chi connectivity index (χ4n) is 1.25. The molecule has 0 unspecified atom stereocenters. The topological polar surface area (TPSA) is 112 Å². The van der Waals surface area contributed by atoms with E-state index >= 15 is 0 Å². The van der Waals surface area contributed by atoms with Crippen LogP contribution in [0.25, 0.3) is 0 Å². The van der Waals surface area contributed by atoms with Crippen molar-refractivity contribution in [2.75, 3.05) is 5.73 Å². The molecule has 0 saturated heterocycles. The molecule has 2 rings (SSSR count). The van der Waals surface area contributed by atoms with Crippen molar-refractivity contribution in [3.05, 3.63) is 29.6 Å². The SMILES string of the molecule is Cc1[nH]nc(C(=O)NCc2cnc[nH]2)c1N. The summed E-state index contributed by atoms with van der Waals surface area (Å²) in [7, 11) is 0. The molecule has 2 heterocycles. The third-order valence-electron chi connectivity index (χ3n) is 2.20. The van der Waals surface area contributed by atoms with Gasteiger partial charge in [-0.15, -0.1) is 0 Å². The highest BCUT2D eigenvalue weighted by Crippen LogP contribution is 2.11. The zero-order chi connectivity index (χ0) is 11.5. The van der Waals surface area contributed by atoms with Crippen LogP contribution in [0, 0.1) is 6.92 Å². The average Bonchev–Trinajstić information content (AvgIpc) is 2.88. The molecule has 7 heteroatoms. The molecule has 7 nitrogen and oxygen atoms in total. The summed E-state index contributed by atoms with van der Waals surface area (Å²) in [5.74, 6) is -0.309. The molecule has 0 spiro atoms. The van der Waals surface area contributed by atoms with Crippen molar-refractivity contribution in [3.63, 3.8) is 0 Å². The molecule has 0 radical (unpaired) electrons. The van der Waals surface area contributed by atoms with Gasteiger partial charge in [0.05, 0.1) is 29.9 Å². The molecule has 0 aliphatic rings. The van der Waals surface area contributed by atoms with E-state index in [9.17, 15) is 4.79 Å². The second-order valence-corrected chi connectivity index (χ2v) is 3.37. The molecule has 0 aliphatic heterocycles. The van der Waals surface area contributed by atoms with Crippen LogP contribution in [0.4, 0.5) is 5.69 Å². The molecule has 0 fully saturated rings. The molecule has 0 aliphatic carbocycles. The van der Waals surface area contributed by atoms with Crippen molar-refractivity contribution >= 4 is 11.6 Å². The lowest BCUT2D eigenvalue weighted by molar-refractivity contribution is 0.0946. The molecule has 0 aromatic carbocycles. The Morgan fingerprint density at radius 1 is 1.62 bits per heavy atom. The number of imidazole rings is 1. The lowest BCUT2D eigenvalue weighted by atomic mass is 10.3. The Labute approximate surface area is 91.5 Å². The number of carbonyl (C=O) groups is 1. The van der Waals surface area contributed by atoms with Crippen LogP contribution in [-0.2, 0) is 6.54 Å². The molecule has 2 aromatic heterocycles. The fraction of sp³-hybridized carbons (Fsp3) is 0.222. The molecule has 16 heavy (non-hydrogen) atoms. The van der Waals surface area contributed by atoms with Crippen LogP contribution >= 0.6 is 0 Å². The van der Waals surface area contributed by atoms with E-state index in [0.717, 1.165) is 5.69 Å². The lowest BCUT2D eigenvalue weighted by Gasteiger charge is -2.01. The first kappa shape index (κ1) is 10.2. The molecule has 0 saturated carbocycles. The number of nitrogens with one attached hydrogen (secondary N) is 3. The van der Waals surface area contributed by atoms with E-state index in [4.69, 9.17) is 5.73 Å². The van der Waals surface area contributed by atoms with Crippen molar-refractivity contribution in [1.29, 1.82) is 0 Å². The number of rotatable bonds is 3. The summed E-state index contributed by atoms with van der Waals surface area (Å²) in [6, 6.07) is 0. The highest BCUT2D eigenvalue weighted by atomic mass is 16.1. The van der Waals surface area contributed by atoms with Gasteiger partial charge in [-0.3, -0.25) is 9.89 Å². The van der Waals surface area contributed by atoms with Crippen molar-refractivity contribution in [2.24, 2.45) is 0 Å². The van der Waals surface area contributed by atoms with Crippen LogP contribution < -0.4 is 11.1 Å². The Morgan fingerprint density at radius 2 is 2.44 bits per heavy atom. The van der Waals surface area contributed by atoms with E-state index in [1.54, 1.807) is 19.4 Å². The summed E-state index contributed by atoms with van der Waals surface area (Å²) >= 11 is 0. The maximum atomic E-state index is 11.7. The summed E-state index contributed by atoms with van der Waals surface area (Å²) in [6.45, 7) is 2.12. The summed E-state index contributed by atoms with van der Waals surface area (Å²) in [5, 5.41) is 9.17. The van der Waals surface area contributed by atoms with E-state index in [0.29, 0.717) is 17.9 Å². The number of hydrogen-bond acceptors (Lipinski definition) is 4. The number of aromatic nitrogens is 4. The zero-order valence-electron chi connectivity index (χ0n) is 8.74. The minimum absolute atomic E-state index is 0.219.